The topological polar surface area (TPSA) is 106 Å². The Hall–Kier alpha value is -1.41. The van der Waals surface area contributed by atoms with Crippen LogP contribution in [0.4, 0.5) is 5.13 Å². The van der Waals surface area contributed by atoms with Gasteiger partial charge in [0.2, 0.25) is 5.13 Å². The SMILES string of the molecule is Br.Cc1nc(-c2csc(N=C(N)N)n2)c(C)[nH]1. The molecule has 0 fully saturated rings. The van der Waals surface area contributed by atoms with Gasteiger partial charge in [0, 0.05) is 11.1 Å². The number of nitrogens with two attached hydrogens (primary N) is 2. The standard InChI is InChI=1S/C9H12N6S.BrH/c1-4-7(13-5(2)12-4)6-3-16-9(14-6)15-8(10)11;/h3H,1-2H3,(H,12,13)(H4,10,11,14,15);1H. The van der Waals surface area contributed by atoms with Gasteiger partial charge in [-0.3, -0.25) is 0 Å². The Labute approximate surface area is 113 Å². The van der Waals surface area contributed by atoms with Crippen molar-refractivity contribution in [3.63, 3.8) is 0 Å². The molecule has 0 aliphatic rings. The molecular formula is C9H13BrN6S. The summed E-state index contributed by atoms with van der Waals surface area (Å²) in [5, 5.41) is 2.42. The van der Waals surface area contributed by atoms with Crippen LogP contribution in [0.25, 0.3) is 11.4 Å². The van der Waals surface area contributed by atoms with Crippen LogP contribution in [0.15, 0.2) is 10.4 Å². The molecule has 0 saturated carbocycles. The molecule has 6 nitrogen and oxygen atoms in total. The van der Waals surface area contributed by atoms with Gasteiger partial charge in [0.1, 0.15) is 17.2 Å². The highest BCUT2D eigenvalue weighted by Crippen LogP contribution is 2.27. The van der Waals surface area contributed by atoms with Gasteiger partial charge in [-0.1, -0.05) is 0 Å². The van der Waals surface area contributed by atoms with Gasteiger partial charge in [0.15, 0.2) is 5.96 Å². The molecule has 0 saturated heterocycles. The fraction of sp³-hybridized carbons (Fsp3) is 0.222. The molecule has 92 valence electrons. The Kier molecular flexibility index (Phi) is 4.24. The van der Waals surface area contributed by atoms with Crippen LogP contribution in [0, 0.1) is 13.8 Å². The molecule has 0 aliphatic heterocycles. The first-order chi connectivity index (χ1) is 7.56. The summed E-state index contributed by atoms with van der Waals surface area (Å²) in [7, 11) is 0. The van der Waals surface area contributed by atoms with Crippen molar-refractivity contribution in [1.82, 2.24) is 15.0 Å². The molecule has 0 bridgehead atoms. The second-order valence-corrected chi connectivity index (χ2v) is 4.18. The third-order valence-electron chi connectivity index (χ3n) is 1.96. The summed E-state index contributed by atoms with van der Waals surface area (Å²) >= 11 is 1.38. The van der Waals surface area contributed by atoms with E-state index in [9.17, 15) is 0 Å². The van der Waals surface area contributed by atoms with E-state index >= 15 is 0 Å². The number of aryl methyl sites for hydroxylation is 2. The van der Waals surface area contributed by atoms with Crippen molar-refractivity contribution < 1.29 is 0 Å². The number of nitrogens with zero attached hydrogens (tertiary/aromatic N) is 3. The summed E-state index contributed by atoms with van der Waals surface area (Å²) in [5.74, 6) is 0.875. The molecule has 2 rings (SSSR count). The zero-order chi connectivity index (χ0) is 11.7. The number of hydrogen-bond donors (Lipinski definition) is 3. The van der Waals surface area contributed by atoms with E-state index in [1.165, 1.54) is 11.3 Å². The van der Waals surface area contributed by atoms with Crippen molar-refractivity contribution >= 4 is 39.4 Å². The van der Waals surface area contributed by atoms with Crippen molar-refractivity contribution in [2.45, 2.75) is 13.8 Å². The maximum atomic E-state index is 5.28. The number of nitrogens with one attached hydrogen (secondary N) is 1. The van der Waals surface area contributed by atoms with Gasteiger partial charge < -0.3 is 16.5 Å². The third-order valence-corrected chi connectivity index (χ3v) is 2.70. The molecule has 0 radical (unpaired) electrons. The lowest BCUT2D eigenvalue weighted by Crippen LogP contribution is -2.21. The van der Waals surface area contributed by atoms with Crippen molar-refractivity contribution in [3.05, 3.63) is 16.9 Å². The number of guanidine groups is 1. The van der Waals surface area contributed by atoms with Gasteiger partial charge in [-0.05, 0) is 13.8 Å². The molecule has 2 aromatic rings. The first kappa shape index (κ1) is 13.7. The number of imidazole rings is 1. The minimum atomic E-state index is 0. The molecule has 0 aliphatic carbocycles. The lowest BCUT2D eigenvalue weighted by atomic mass is 10.3. The van der Waals surface area contributed by atoms with Crippen LogP contribution in [0.5, 0.6) is 0 Å². The van der Waals surface area contributed by atoms with E-state index in [1.807, 2.05) is 19.2 Å². The molecule has 17 heavy (non-hydrogen) atoms. The van der Waals surface area contributed by atoms with E-state index < -0.39 is 0 Å². The van der Waals surface area contributed by atoms with E-state index in [0.717, 1.165) is 22.9 Å². The smallest absolute Gasteiger partial charge is 0.212 e. The molecule has 0 unspecified atom stereocenters. The number of thiazole rings is 1. The van der Waals surface area contributed by atoms with Gasteiger partial charge in [0.05, 0.1) is 0 Å². The third kappa shape index (κ3) is 3.04. The molecular weight excluding hydrogens is 304 g/mol. The number of halogens is 1. The van der Waals surface area contributed by atoms with Gasteiger partial charge in [0.25, 0.3) is 0 Å². The largest absolute Gasteiger partial charge is 0.370 e. The molecule has 0 atom stereocenters. The predicted molar refractivity (Wildman–Crippen MR) is 75.0 cm³/mol. The van der Waals surface area contributed by atoms with E-state index in [4.69, 9.17) is 11.5 Å². The number of aliphatic imine (C=N–C) groups is 1. The average Bonchev–Trinajstić information content (AvgIpc) is 2.72. The minimum absolute atomic E-state index is 0. The maximum Gasteiger partial charge on any atom is 0.212 e. The quantitative estimate of drug-likeness (QED) is 0.578. The van der Waals surface area contributed by atoms with Crippen LogP contribution in [0.2, 0.25) is 0 Å². The second-order valence-electron chi connectivity index (χ2n) is 3.35. The van der Waals surface area contributed by atoms with Crippen LogP contribution in [0.3, 0.4) is 0 Å². The fourth-order valence-electron chi connectivity index (χ4n) is 1.39. The van der Waals surface area contributed by atoms with Crippen molar-refractivity contribution in [2.75, 3.05) is 0 Å². The first-order valence-electron chi connectivity index (χ1n) is 4.65. The Balaban J connectivity index is 0.00000144. The zero-order valence-electron chi connectivity index (χ0n) is 9.39. The molecule has 0 aromatic carbocycles. The van der Waals surface area contributed by atoms with E-state index in [1.54, 1.807) is 0 Å². The number of aromatic nitrogens is 3. The zero-order valence-corrected chi connectivity index (χ0v) is 11.9. The van der Waals surface area contributed by atoms with Crippen LogP contribution >= 0.6 is 28.3 Å². The van der Waals surface area contributed by atoms with E-state index in [-0.39, 0.29) is 22.9 Å². The van der Waals surface area contributed by atoms with Crippen LogP contribution in [0.1, 0.15) is 11.5 Å². The Bertz CT molecular complexity index is 539. The highest BCUT2D eigenvalue weighted by molar-refractivity contribution is 8.93. The number of rotatable bonds is 2. The van der Waals surface area contributed by atoms with Crippen LogP contribution < -0.4 is 11.5 Å². The Morgan fingerprint density at radius 2 is 2.06 bits per heavy atom. The second kappa shape index (κ2) is 5.28. The van der Waals surface area contributed by atoms with E-state index in [0.29, 0.717) is 5.13 Å². The highest BCUT2D eigenvalue weighted by atomic mass is 79.9. The lowest BCUT2D eigenvalue weighted by molar-refractivity contribution is 1.13. The number of H-pyrrole nitrogens is 1. The van der Waals surface area contributed by atoms with Gasteiger partial charge in [-0.2, -0.15) is 4.99 Å². The Morgan fingerprint density at radius 1 is 1.35 bits per heavy atom. The summed E-state index contributed by atoms with van der Waals surface area (Å²) in [6.07, 6.45) is 0. The van der Waals surface area contributed by atoms with Gasteiger partial charge in [-0.15, -0.1) is 28.3 Å². The molecule has 8 heteroatoms. The fourth-order valence-corrected chi connectivity index (χ4v) is 2.08. The summed E-state index contributed by atoms with van der Waals surface area (Å²) in [4.78, 5) is 15.6. The monoisotopic (exact) mass is 316 g/mol. The van der Waals surface area contributed by atoms with Gasteiger partial charge in [-0.25, -0.2) is 9.97 Å². The normalized spacial score (nSPS) is 9.76. The van der Waals surface area contributed by atoms with Crippen molar-refractivity contribution in [1.29, 1.82) is 0 Å². The molecule has 2 heterocycles. The van der Waals surface area contributed by atoms with Crippen LogP contribution in [-0.2, 0) is 0 Å². The molecule has 0 amide bonds. The van der Waals surface area contributed by atoms with Crippen LogP contribution in [-0.4, -0.2) is 20.9 Å². The summed E-state index contributed by atoms with van der Waals surface area (Å²) in [6, 6.07) is 0. The number of hydrogen-bond acceptors (Lipinski definition) is 4. The van der Waals surface area contributed by atoms with E-state index in [2.05, 4.69) is 19.9 Å². The molecule has 0 spiro atoms. The predicted octanol–water partition coefficient (Wildman–Crippen LogP) is 1.63. The minimum Gasteiger partial charge on any atom is -0.370 e. The Morgan fingerprint density at radius 3 is 2.59 bits per heavy atom. The first-order valence-corrected chi connectivity index (χ1v) is 5.53. The molecule has 5 N–H and O–H groups in total. The summed E-state index contributed by atoms with van der Waals surface area (Å²) in [5.41, 5.74) is 13.2. The lowest BCUT2D eigenvalue weighted by Gasteiger charge is -1.90. The maximum absolute atomic E-state index is 5.28. The average molecular weight is 317 g/mol. The van der Waals surface area contributed by atoms with Crippen molar-refractivity contribution in [3.8, 4) is 11.4 Å². The molecule has 2 aromatic heterocycles. The summed E-state index contributed by atoms with van der Waals surface area (Å²) in [6.45, 7) is 3.86. The highest BCUT2D eigenvalue weighted by Gasteiger charge is 2.10. The number of aromatic amines is 1. The van der Waals surface area contributed by atoms with Gasteiger partial charge >= 0.3 is 0 Å². The summed E-state index contributed by atoms with van der Waals surface area (Å²) < 4.78 is 0. The van der Waals surface area contributed by atoms with Crippen molar-refractivity contribution in [2.24, 2.45) is 16.5 Å².